The van der Waals surface area contributed by atoms with Crippen LogP contribution in [0.4, 0.5) is 5.69 Å². The molecule has 0 aromatic heterocycles. The van der Waals surface area contributed by atoms with E-state index in [1.807, 2.05) is 0 Å². The topological polar surface area (TPSA) is 45.0 Å². The van der Waals surface area contributed by atoms with Crippen LogP contribution in [0.5, 0.6) is 5.75 Å². The van der Waals surface area contributed by atoms with Crippen molar-refractivity contribution < 1.29 is 4.74 Å². The lowest BCUT2D eigenvalue weighted by molar-refractivity contribution is 0.415. The van der Waals surface area contributed by atoms with Gasteiger partial charge in [0.1, 0.15) is 11.8 Å². The minimum absolute atomic E-state index is 0.420. The number of nitrogens with one attached hydrogen (secondary N) is 1. The smallest absolute Gasteiger partial charge is 0.121 e. The molecule has 0 radical (unpaired) electrons. The summed E-state index contributed by atoms with van der Waals surface area (Å²) in [4.78, 5) is 0. The Balaban J connectivity index is 2.92. The number of rotatable bonds is 4. The van der Waals surface area contributed by atoms with Crippen LogP contribution in [0.2, 0.25) is 0 Å². The summed E-state index contributed by atoms with van der Waals surface area (Å²) < 4.78 is 5.06. The Morgan fingerprint density at radius 3 is 2.93 bits per heavy atom. The van der Waals surface area contributed by atoms with Gasteiger partial charge >= 0.3 is 0 Å². The summed E-state index contributed by atoms with van der Waals surface area (Å²) in [6.45, 7) is 3.98. The maximum absolute atomic E-state index is 8.86. The molecule has 0 unspecified atom stereocenters. The van der Waals surface area contributed by atoms with Crippen LogP contribution < -0.4 is 10.1 Å². The third kappa shape index (κ3) is 3.19. The van der Waals surface area contributed by atoms with Gasteiger partial charge in [0.2, 0.25) is 0 Å². The molecule has 0 saturated heterocycles. The second kappa shape index (κ2) is 5.28. The molecule has 1 N–H and O–H groups in total. The highest BCUT2D eigenvalue weighted by atomic mass is 35.5. The zero-order chi connectivity index (χ0) is 11.3. The van der Waals surface area contributed by atoms with Gasteiger partial charge in [-0.25, -0.2) is 0 Å². The number of hydrogen-bond donors (Lipinski definition) is 1. The molecular weight excluding hydrogens is 212 g/mol. The molecule has 1 aromatic carbocycles. The Morgan fingerprint density at radius 2 is 2.40 bits per heavy atom. The van der Waals surface area contributed by atoms with Crippen LogP contribution in [-0.4, -0.2) is 13.7 Å². The van der Waals surface area contributed by atoms with E-state index in [-0.39, 0.29) is 0 Å². The first-order valence-electron chi connectivity index (χ1n) is 4.32. The van der Waals surface area contributed by atoms with Gasteiger partial charge in [-0.2, -0.15) is 5.26 Å². The Hall–Kier alpha value is -1.66. The molecule has 1 aromatic rings. The predicted octanol–water partition coefficient (Wildman–Crippen LogP) is 2.73. The zero-order valence-electron chi connectivity index (χ0n) is 8.38. The predicted molar refractivity (Wildman–Crippen MR) is 61.2 cm³/mol. The standard InChI is InChI=1S/C11H11ClN2O/c1-8(12)7-14-11-5-10(15-2)4-3-9(11)6-13/h3-5,14H,1,7H2,2H3. The summed E-state index contributed by atoms with van der Waals surface area (Å²) in [5.74, 6) is 0.691. The highest BCUT2D eigenvalue weighted by molar-refractivity contribution is 6.29. The van der Waals surface area contributed by atoms with E-state index in [0.717, 1.165) is 0 Å². The molecule has 0 atom stereocenters. The molecule has 0 saturated carbocycles. The summed E-state index contributed by atoms with van der Waals surface area (Å²) in [6.07, 6.45) is 0. The molecule has 0 spiro atoms. The lowest BCUT2D eigenvalue weighted by Gasteiger charge is -2.08. The lowest BCUT2D eigenvalue weighted by atomic mass is 10.2. The van der Waals surface area contributed by atoms with Gasteiger partial charge in [0, 0.05) is 11.1 Å². The third-order valence-corrected chi connectivity index (χ3v) is 1.95. The number of hydrogen-bond acceptors (Lipinski definition) is 3. The number of nitriles is 1. The van der Waals surface area contributed by atoms with Crippen LogP contribution in [0.1, 0.15) is 5.56 Å². The van der Waals surface area contributed by atoms with Crippen molar-refractivity contribution in [3.8, 4) is 11.8 Å². The van der Waals surface area contributed by atoms with Crippen molar-refractivity contribution >= 4 is 17.3 Å². The van der Waals surface area contributed by atoms with Crippen molar-refractivity contribution in [2.75, 3.05) is 19.0 Å². The van der Waals surface area contributed by atoms with Gasteiger partial charge < -0.3 is 10.1 Å². The third-order valence-electron chi connectivity index (χ3n) is 1.82. The number of benzene rings is 1. The van der Waals surface area contributed by atoms with Gasteiger partial charge in [0.05, 0.1) is 24.9 Å². The Morgan fingerprint density at radius 1 is 1.67 bits per heavy atom. The summed E-state index contributed by atoms with van der Waals surface area (Å²) >= 11 is 5.63. The van der Waals surface area contributed by atoms with Crippen molar-refractivity contribution in [1.29, 1.82) is 5.26 Å². The first-order valence-corrected chi connectivity index (χ1v) is 4.70. The van der Waals surface area contributed by atoms with E-state index in [1.165, 1.54) is 0 Å². The minimum Gasteiger partial charge on any atom is -0.497 e. The average Bonchev–Trinajstić information content (AvgIpc) is 2.25. The largest absolute Gasteiger partial charge is 0.497 e. The molecule has 0 amide bonds. The average molecular weight is 223 g/mol. The van der Waals surface area contributed by atoms with E-state index in [2.05, 4.69) is 18.0 Å². The van der Waals surface area contributed by atoms with Crippen LogP contribution in [0.3, 0.4) is 0 Å². The van der Waals surface area contributed by atoms with Crippen molar-refractivity contribution in [2.45, 2.75) is 0 Å². The first kappa shape index (κ1) is 11.4. The van der Waals surface area contributed by atoms with E-state index in [9.17, 15) is 0 Å². The molecule has 78 valence electrons. The normalized spacial score (nSPS) is 9.13. The second-order valence-corrected chi connectivity index (χ2v) is 3.43. The van der Waals surface area contributed by atoms with Gasteiger partial charge in [-0.1, -0.05) is 18.2 Å². The number of halogens is 1. The summed E-state index contributed by atoms with van der Waals surface area (Å²) in [5.41, 5.74) is 1.24. The molecular formula is C11H11ClN2O. The number of ether oxygens (including phenoxy) is 1. The van der Waals surface area contributed by atoms with Gasteiger partial charge in [-0.05, 0) is 12.1 Å². The number of anilines is 1. The van der Waals surface area contributed by atoms with Crippen LogP contribution in [0.25, 0.3) is 0 Å². The molecule has 0 aliphatic carbocycles. The quantitative estimate of drug-likeness (QED) is 0.852. The van der Waals surface area contributed by atoms with Gasteiger partial charge in [-0.15, -0.1) is 0 Å². The molecule has 0 bridgehead atoms. The van der Waals surface area contributed by atoms with E-state index in [1.54, 1.807) is 25.3 Å². The van der Waals surface area contributed by atoms with Gasteiger partial charge in [0.25, 0.3) is 0 Å². The van der Waals surface area contributed by atoms with Crippen LogP contribution in [0, 0.1) is 11.3 Å². The van der Waals surface area contributed by atoms with Crippen molar-refractivity contribution in [3.05, 3.63) is 35.4 Å². The number of nitrogens with zero attached hydrogens (tertiary/aromatic N) is 1. The second-order valence-electron chi connectivity index (χ2n) is 2.89. The molecule has 0 heterocycles. The Kier molecular flexibility index (Phi) is 4.02. The summed E-state index contributed by atoms with van der Waals surface area (Å²) in [5, 5.41) is 12.4. The molecule has 15 heavy (non-hydrogen) atoms. The van der Waals surface area contributed by atoms with Gasteiger partial charge in [0.15, 0.2) is 0 Å². The fourth-order valence-electron chi connectivity index (χ4n) is 1.09. The monoisotopic (exact) mass is 222 g/mol. The molecule has 3 nitrogen and oxygen atoms in total. The van der Waals surface area contributed by atoms with Crippen molar-refractivity contribution in [3.63, 3.8) is 0 Å². The fraction of sp³-hybridized carbons (Fsp3) is 0.182. The molecule has 1 rings (SSSR count). The molecule has 0 aliphatic heterocycles. The minimum atomic E-state index is 0.420. The highest BCUT2D eigenvalue weighted by Gasteiger charge is 2.03. The fourth-order valence-corrected chi connectivity index (χ4v) is 1.15. The summed E-state index contributed by atoms with van der Waals surface area (Å²) in [7, 11) is 1.58. The van der Waals surface area contributed by atoms with Crippen LogP contribution in [0.15, 0.2) is 29.8 Å². The maximum atomic E-state index is 8.86. The van der Waals surface area contributed by atoms with Crippen LogP contribution in [-0.2, 0) is 0 Å². The maximum Gasteiger partial charge on any atom is 0.121 e. The SMILES string of the molecule is C=C(Cl)CNc1cc(OC)ccc1C#N. The van der Waals surface area contributed by atoms with Crippen molar-refractivity contribution in [1.82, 2.24) is 0 Å². The summed E-state index contributed by atoms with van der Waals surface area (Å²) in [6, 6.07) is 7.26. The molecule has 4 heteroatoms. The first-order chi connectivity index (χ1) is 7.17. The van der Waals surface area contributed by atoms with E-state index < -0.39 is 0 Å². The van der Waals surface area contributed by atoms with E-state index >= 15 is 0 Å². The van der Waals surface area contributed by atoms with E-state index in [0.29, 0.717) is 28.6 Å². The van der Waals surface area contributed by atoms with E-state index in [4.69, 9.17) is 21.6 Å². The zero-order valence-corrected chi connectivity index (χ0v) is 9.14. The highest BCUT2D eigenvalue weighted by Crippen LogP contribution is 2.22. The lowest BCUT2D eigenvalue weighted by Crippen LogP contribution is -2.02. The number of methoxy groups -OCH3 is 1. The van der Waals surface area contributed by atoms with Crippen molar-refractivity contribution in [2.24, 2.45) is 0 Å². The van der Waals surface area contributed by atoms with Crippen LogP contribution >= 0.6 is 11.6 Å². The molecule has 0 fully saturated rings. The Labute approximate surface area is 93.9 Å². The Bertz CT molecular complexity index is 410. The van der Waals surface area contributed by atoms with Gasteiger partial charge in [-0.3, -0.25) is 0 Å². The molecule has 0 aliphatic rings.